The van der Waals surface area contributed by atoms with Gasteiger partial charge >= 0.3 is 0 Å². The topological polar surface area (TPSA) is 0 Å². The van der Waals surface area contributed by atoms with Crippen molar-refractivity contribution in [3.05, 3.63) is 143 Å². The molecule has 1 aliphatic carbocycles. The van der Waals surface area contributed by atoms with Crippen LogP contribution < -0.4 is 0 Å². The third-order valence-electron chi connectivity index (χ3n) is 6.88. The molecule has 0 heterocycles. The van der Waals surface area contributed by atoms with Gasteiger partial charge in [0.2, 0.25) is 0 Å². The van der Waals surface area contributed by atoms with Gasteiger partial charge in [0.05, 0.1) is 0 Å². The first kappa shape index (κ1) is 18.9. The van der Waals surface area contributed by atoms with Crippen molar-refractivity contribution in [3.8, 4) is 0 Å². The van der Waals surface area contributed by atoms with Crippen molar-refractivity contribution in [2.75, 3.05) is 0 Å². The van der Waals surface area contributed by atoms with Crippen LogP contribution in [0.3, 0.4) is 0 Å². The highest BCUT2D eigenvalue weighted by Crippen LogP contribution is 2.52. The van der Waals surface area contributed by atoms with E-state index >= 15 is 0 Å². The van der Waals surface area contributed by atoms with Gasteiger partial charge in [-0.2, -0.15) is 0 Å². The lowest BCUT2D eigenvalue weighted by Crippen LogP contribution is -2.34. The summed E-state index contributed by atoms with van der Waals surface area (Å²) in [7, 11) is 0. The zero-order chi connectivity index (χ0) is 20.2. The van der Waals surface area contributed by atoms with Crippen LogP contribution >= 0.6 is 0 Å². The Morgan fingerprint density at radius 1 is 0.600 bits per heavy atom. The van der Waals surface area contributed by atoms with E-state index < -0.39 is 0 Å². The first-order valence-electron chi connectivity index (χ1n) is 11.1. The van der Waals surface area contributed by atoms with Gasteiger partial charge in [0, 0.05) is 5.41 Å². The van der Waals surface area contributed by atoms with Crippen LogP contribution in [0.4, 0.5) is 0 Å². The minimum Gasteiger partial charge on any atom is -0.0622 e. The fourth-order valence-corrected chi connectivity index (χ4v) is 5.50. The Morgan fingerprint density at radius 2 is 1.17 bits per heavy atom. The molecule has 148 valence electrons. The Kier molecular flexibility index (Phi) is 5.24. The smallest absolute Gasteiger partial charge is 0.0102 e. The molecule has 0 amide bonds. The zero-order valence-corrected chi connectivity index (χ0v) is 17.4. The summed E-state index contributed by atoms with van der Waals surface area (Å²) in [4.78, 5) is 0. The van der Waals surface area contributed by atoms with E-state index in [4.69, 9.17) is 0 Å². The quantitative estimate of drug-likeness (QED) is 0.329. The van der Waals surface area contributed by atoms with E-state index in [0.29, 0.717) is 5.92 Å². The number of fused-ring (bicyclic) bond motifs is 1. The second-order valence-electron chi connectivity index (χ2n) is 8.64. The molecule has 2 atom stereocenters. The van der Waals surface area contributed by atoms with Crippen LogP contribution in [-0.4, -0.2) is 0 Å². The Morgan fingerprint density at radius 3 is 1.87 bits per heavy atom. The summed E-state index contributed by atoms with van der Waals surface area (Å²) in [6, 6.07) is 42.4. The molecule has 0 heteroatoms. The summed E-state index contributed by atoms with van der Waals surface area (Å²) < 4.78 is 0. The van der Waals surface area contributed by atoms with Gasteiger partial charge < -0.3 is 0 Å². The largest absolute Gasteiger partial charge is 0.0622 e. The fourth-order valence-electron chi connectivity index (χ4n) is 5.50. The molecule has 0 aromatic heterocycles. The SMILES string of the molecule is c1ccc(CCC2c3ccccc3CC2(Cc2ccccc2)c2ccccc2)cc1. The summed E-state index contributed by atoms with van der Waals surface area (Å²) in [5.41, 5.74) is 7.51. The molecule has 0 nitrogen and oxygen atoms in total. The maximum Gasteiger partial charge on any atom is 0.0102 e. The molecular weight excluding hydrogens is 360 g/mol. The first-order valence-corrected chi connectivity index (χ1v) is 11.1. The number of hydrogen-bond acceptors (Lipinski definition) is 0. The molecule has 0 aliphatic heterocycles. The van der Waals surface area contributed by atoms with Crippen molar-refractivity contribution in [1.29, 1.82) is 0 Å². The standard InChI is InChI=1S/C30H28/c1-4-12-24(13-5-1)20-21-29-28-19-11-10-16-26(28)23-30(29,27-17-8-3-9-18-27)22-25-14-6-2-7-15-25/h1-19,29H,20-23H2. The second-order valence-corrected chi connectivity index (χ2v) is 8.64. The Balaban J connectivity index is 1.59. The molecule has 4 aromatic rings. The first-order chi connectivity index (χ1) is 14.9. The fraction of sp³-hybridized carbons (Fsp3) is 0.200. The van der Waals surface area contributed by atoms with Gasteiger partial charge in [-0.15, -0.1) is 0 Å². The van der Waals surface area contributed by atoms with E-state index in [1.807, 2.05) is 0 Å². The Hall–Kier alpha value is -3.12. The van der Waals surface area contributed by atoms with Crippen molar-refractivity contribution in [3.63, 3.8) is 0 Å². The number of benzene rings is 4. The monoisotopic (exact) mass is 388 g/mol. The maximum absolute atomic E-state index is 2.38. The van der Waals surface area contributed by atoms with Crippen molar-refractivity contribution < 1.29 is 0 Å². The second kappa shape index (κ2) is 8.32. The minimum absolute atomic E-state index is 0.0983. The predicted molar refractivity (Wildman–Crippen MR) is 126 cm³/mol. The summed E-state index contributed by atoms with van der Waals surface area (Å²) in [6.07, 6.45) is 4.47. The lowest BCUT2D eigenvalue weighted by Gasteiger charge is -2.37. The summed E-state index contributed by atoms with van der Waals surface area (Å²) in [6.45, 7) is 0. The van der Waals surface area contributed by atoms with Crippen LogP contribution in [0.5, 0.6) is 0 Å². The number of rotatable bonds is 6. The molecule has 0 fully saturated rings. The molecule has 1 aliphatic rings. The zero-order valence-electron chi connectivity index (χ0n) is 17.4. The predicted octanol–water partition coefficient (Wildman–Crippen LogP) is 7.14. The van der Waals surface area contributed by atoms with Crippen molar-refractivity contribution >= 4 is 0 Å². The average molecular weight is 389 g/mol. The van der Waals surface area contributed by atoms with Crippen molar-refractivity contribution in [2.45, 2.75) is 37.0 Å². The van der Waals surface area contributed by atoms with Gasteiger partial charge in [-0.25, -0.2) is 0 Å². The van der Waals surface area contributed by atoms with Gasteiger partial charge in [-0.05, 0) is 59.4 Å². The van der Waals surface area contributed by atoms with Gasteiger partial charge in [-0.1, -0.05) is 115 Å². The summed E-state index contributed by atoms with van der Waals surface area (Å²) in [5.74, 6) is 0.511. The Labute approximate surface area is 180 Å². The van der Waals surface area contributed by atoms with E-state index in [-0.39, 0.29) is 5.41 Å². The average Bonchev–Trinajstić information content (AvgIpc) is 3.13. The molecule has 0 N–H and O–H groups in total. The molecule has 30 heavy (non-hydrogen) atoms. The lowest BCUT2D eigenvalue weighted by atomic mass is 9.65. The highest BCUT2D eigenvalue weighted by molar-refractivity contribution is 5.47. The van der Waals surface area contributed by atoms with Crippen molar-refractivity contribution in [2.24, 2.45) is 0 Å². The summed E-state index contributed by atoms with van der Waals surface area (Å²) >= 11 is 0. The van der Waals surface area contributed by atoms with E-state index in [9.17, 15) is 0 Å². The van der Waals surface area contributed by atoms with E-state index in [1.165, 1.54) is 28.7 Å². The molecule has 0 bridgehead atoms. The molecular formula is C30H28. The number of aryl methyl sites for hydroxylation is 1. The molecule has 2 unspecified atom stereocenters. The normalized spacial score (nSPS) is 20.1. The number of hydrogen-bond donors (Lipinski definition) is 0. The van der Waals surface area contributed by atoms with Crippen LogP contribution in [0, 0.1) is 0 Å². The van der Waals surface area contributed by atoms with Gasteiger partial charge in [-0.3, -0.25) is 0 Å². The third kappa shape index (κ3) is 3.59. The van der Waals surface area contributed by atoms with E-state index in [1.54, 1.807) is 5.56 Å². The van der Waals surface area contributed by atoms with Gasteiger partial charge in [0.1, 0.15) is 0 Å². The van der Waals surface area contributed by atoms with Gasteiger partial charge in [0.15, 0.2) is 0 Å². The van der Waals surface area contributed by atoms with Gasteiger partial charge in [0.25, 0.3) is 0 Å². The van der Waals surface area contributed by atoms with Crippen LogP contribution in [0.1, 0.15) is 40.2 Å². The van der Waals surface area contributed by atoms with Crippen LogP contribution in [0.25, 0.3) is 0 Å². The molecule has 4 aromatic carbocycles. The van der Waals surface area contributed by atoms with E-state index in [0.717, 1.165) is 19.3 Å². The maximum atomic E-state index is 2.38. The van der Waals surface area contributed by atoms with Crippen LogP contribution in [0.15, 0.2) is 115 Å². The highest BCUT2D eigenvalue weighted by Gasteiger charge is 2.46. The molecule has 5 rings (SSSR count). The summed E-state index contributed by atoms with van der Waals surface area (Å²) in [5, 5.41) is 0. The molecule has 0 radical (unpaired) electrons. The lowest BCUT2D eigenvalue weighted by molar-refractivity contribution is 0.350. The van der Waals surface area contributed by atoms with Crippen LogP contribution in [-0.2, 0) is 24.7 Å². The Bertz CT molecular complexity index is 1080. The van der Waals surface area contributed by atoms with E-state index in [2.05, 4.69) is 115 Å². The molecule has 0 saturated carbocycles. The molecule has 0 spiro atoms. The minimum atomic E-state index is 0.0983. The van der Waals surface area contributed by atoms with Crippen LogP contribution in [0.2, 0.25) is 0 Å². The molecule has 0 saturated heterocycles. The highest BCUT2D eigenvalue weighted by atomic mass is 14.5. The third-order valence-corrected chi connectivity index (χ3v) is 6.88. The van der Waals surface area contributed by atoms with Crippen molar-refractivity contribution in [1.82, 2.24) is 0 Å².